The van der Waals surface area contributed by atoms with Crippen LogP contribution >= 0.6 is 0 Å². The molecular weight excluding hydrogens is 486 g/mol. The Morgan fingerprint density at radius 1 is 0.842 bits per heavy atom. The van der Waals surface area contributed by atoms with Crippen LogP contribution in [0.1, 0.15) is 34.8 Å². The number of nitrogens with one attached hydrogen (secondary N) is 2. The fourth-order valence-electron chi connectivity index (χ4n) is 3.79. The lowest BCUT2D eigenvalue weighted by atomic mass is 10.0. The predicted molar refractivity (Wildman–Crippen MR) is 142 cm³/mol. The van der Waals surface area contributed by atoms with Gasteiger partial charge in [0.25, 0.3) is 0 Å². The van der Waals surface area contributed by atoms with E-state index in [4.69, 9.17) is 10.5 Å². The molecule has 0 spiro atoms. The monoisotopic (exact) mass is 517 g/mol. The molecule has 9 nitrogen and oxygen atoms in total. The lowest BCUT2D eigenvalue weighted by Crippen LogP contribution is -2.53. The van der Waals surface area contributed by atoms with Crippen LogP contribution in [0, 0.1) is 0 Å². The van der Waals surface area contributed by atoms with Crippen LogP contribution in [0.25, 0.3) is 0 Å². The van der Waals surface area contributed by atoms with Crippen molar-refractivity contribution < 1.29 is 29.0 Å². The van der Waals surface area contributed by atoms with Crippen LogP contribution < -0.4 is 16.4 Å². The van der Waals surface area contributed by atoms with Gasteiger partial charge in [0, 0.05) is 12.1 Å². The molecule has 3 rings (SSSR count). The number of hydrogen-bond acceptors (Lipinski definition) is 7. The van der Waals surface area contributed by atoms with Crippen molar-refractivity contribution >= 4 is 29.5 Å². The van der Waals surface area contributed by atoms with Gasteiger partial charge in [-0.05, 0) is 55.2 Å². The lowest BCUT2D eigenvalue weighted by Gasteiger charge is -2.23. The van der Waals surface area contributed by atoms with Crippen LogP contribution in [0.3, 0.4) is 0 Å². The van der Waals surface area contributed by atoms with E-state index in [0.29, 0.717) is 12.1 Å². The van der Waals surface area contributed by atoms with E-state index in [1.54, 1.807) is 24.3 Å². The number of aliphatic carboxylic acids is 1. The molecule has 9 heteroatoms. The van der Waals surface area contributed by atoms with E-state index in [1.807, 2.05) is 36.4 Å². The van der Waals surface area contributed by atoms with Crippen molar-refractivity contribution in [1.29, 1.82) is 0 Å². The summed E-state index contributed by atoms with van der Waals surface area (Å²) in [5, 5.41) is 15.1. The van der Waals surface area contributed by atoms with Crippen molar-refractivity contribution in [2.24, 2.45) is 0 Å². The third-order valence-electron chi connectivity index (χ3n) is 5.93. The Hall–Kier alpha value is -4.50. The van der Waals surface area contributed by atoms with Crippen molar-refractivity contribution in [3.8, 4) is 0 Å². The molecule has 0 aliphatic rings. The highest BCUT2D eigenvalue weighted by Gasteiger charge is 2.29. The predicted octanol–water partition coefficient (Wildman–Crippen LogP) is 2.74. The number of nitrogen functional groups attached to an aromatic ring is 1. The number of carboxylic acid groups (broad SMARTS) is 1. The van der Waals surface area contributed by atoms with Gasteiger partial charge in [-0.1, -0.05) is 60.7 Å². The number of carbonyl (C=O) groups is 4. The molecule has 1 unspecified atom stereocenters. The summed E-state index contributed by atoms with van der Waals surface area (Å²) in [5.41, 5.74) is 7.94. The maximum absolute atomic E-state index is 13.0. The lowest BCUT2D eigenvalue weighted by molar-refractivity contribution is -0.143. The smallest absolute Gasteiger partial charge is 0.345 e. The number of rotatable bonds is 12. The molecule has 3 aromatic rings. The van der Waals surface area contributed by atoms with Gasteiger partial charge in [0.1, 0.15) is 12.1 Å². The first-order valence-corrected chi connectivity index (χ1v) is 12.2. The number of anilines is 1. The number of amides is 1. The Morgan fingerprint density at radius 2 is 1.42 bits per heavy atom. The molecule has 198 valence electrons. The van der Waals surface area contributed by atoms with Crippen LogP contribution in [0.5, 0.6) is 0 Å². The maximum atomic E-state index is 13.0. The number of nitrogens with two attached hydrogens (primary N) is 1. The zero-order chi connectivity index (χ0) is 27.5. The van der Waals surface area contributed by atoms with Gasteiger partial charge in [0.05, 0.1) is 11.6 Å². The summed E-state index contributed by atoms with van der Waals surface area (Å²) in [7, 11) is 0. The zero-order valence-corrected chi connectivity index (χ0v) is 21.0. The van der Waals surface area contributed by atoms with Crippen LogP contribution in [0.15, 0.2) is 84.9 Å². The minimum absolute atomic E-state index is 0.0729. The number of benzene rings is 3. The van der Waals surface area contributed by atoms with Gasteiger partial charge in [0.15, 0.2) is 0 Å². The van der Waals surface area contributed by atoms with E-state index in [1.165, 1.54) is 31.2 Å². The van der Waals surface area contributed by atoms with E-state index in [-0.39, 0.29) is 18.4 Å². The van der Waals surface area contributed by atoms with Crippen LogP contribution in [0.2, 0.25) is 0 Å². The summed E-state index contributed by atoms with van der Waals surface area (Å²) in [4.78, 5) is 50.2. The standard InChI is InChI=1S/C29H31N3O6/c1-19(31-24(27(34)35)17-12-20-8-4-2-5-9-20)26(33)32-25(18-21-10-6-3-7-11-21)29(37)38-28(36)22-13-15-23(30)16-14-22/h2-11,13-16,19,24-25,31H,12,17-18,30H2,1H3,(H,32,33)(H,34,35)/t19-,24?,25-/m0/s1. The molecule has 0 radical (unpaired) electrons. The Morgan fingerprint density at radius 3 is 2.00 bits per heavy atom. The van der Waals surface area contributed by atoms with Crippen molar-refractivity contribution in [3.05, 3.63) is 102 Å². The molecule has 0 fully saturated rings. The fraction of sp³-hybridized carbons (Fsp3) is 0.241. The van der Waals surface area contributed by atoms with Crippen molar-refractivity contribution in [2.75, 3.05) is 5.73 Å². The number of hydrogen-bond donors (Lipinski definition) is 4. The third kappa shape index (κ3) is 8.56. The molecule has 0 aromatic heterocycles. The molecule has 5 N–H and O–H groups in total. The summed E-state index contributed by atoms with van der Waals surface area (Å²) >= 11 is 0. The van der Waals surface area contributed by atoms with Crippen LogP contribution in [-0.4, -0.2) is 47.0 Å². The topological polar surface area (TPSA) is 148 Å². The summed E-state index contributed by atoms with van der Waals surface area (Å²) in [6, 6.07) is 21.2. The second-order valence-electron chi connectivity index (χ2n) is 8.88. The highest BCUT2D eigenvalue weighted by Crippen LogP contribution is 2.11. The Kier molecular flexibility index (Phi) is 10.1. The van der Waals surface area contributed by atoms with E-state index in [2.05, 4.69) is 10.6 Å². The molecule has 3 atom stereocenters. The van der Waals surface area contributed by atoms with E-state index >= 15 is 0 Å². The molecule has 0 aliphatic heterocycles. The van der Waals surface area contributed by atoms with Crippen LogP contribution in [0.4, 0.5) is 5.69 Å². The molecule has 1 amide bonds. The largest absolute Gasteiger partial charge is 0.480 e. The van der Waals surface area contributed by atoms with Gasteiger partial charge in [-0.3, -0.25) is 14.9 Å². The number of carbonyl (C=O) groups excluding carboxylic acids is 3. The molecule has 0 saturated heterocycles. The highest BCUT2D eigenvalue weighted by atomic mass is 16.6. The Labute approximate surface area is 221 Å². The number of ether oxygens (including phenoxy) is 1. The van der Waals surface area contributed by atoms with Gasteiger partial charge in [0.2, 0.25) is 5.91 Å². The molecule has 38 heavy (non-hydrogen) atoms. The van der Waals surface area contributed by atoms with Gasteiger partial charge in [-0.2, -0.15) is 0 Å². The molecule has 0 saturated carbocycles. The van der Waals surface area contributed by atoms with E-state index < -0.39 is 41.9 Å². The van der Waals surface area contributed by atoms with Gasteiger partial charge >= 0.3 is 17.9 Å². The number of aryl methyl sites for hydroxylation is 1. The molecule has 0 aliphatic carbocycles. The van der Waals surface area contributed by atoms with Crippen molar-refractivity contribution in [1.82, 2.24) is 10.6 Å². The minimum Gasteiger partial charge on any atom is -0.480 e. The average molecular weight is 518 g/mol. The summed E-state index contributed by atoms with van der Waals surface area (Å²) in [6.45, 7) is 1.51. The molecular formula is C29H31N3O6. The second-order valence-corrected chi connectivity index (χ2v) is 8.88. The SMILES string of the molecule is C[C@H](NC(CCc1ccccc1)C(=O)O)C(=O)N[C@@H](Cc1ccccc1)C(=O)OC(=O)c1ccc(N)cc1. The summed E-state index contributed by atoms with van der Waals surface area (Å²) in [5.74, 6) is -3.50. The van der Waals surface area contributed by atoms with Gasteiger partial charge in [-0.15, -0.1) is 0 Å². The number of carboxylic acids is 1. The Bertz CT molecular complexity index is 1230. The minimum atomic E-state index is -1.18. The summed E-state index contributed by atoms with van der Waals surface area (Å²) < 4.78 is 5.05. The van der Waals surface area contributed by atoms with E-state index in [0.717, 1.165) is 11.1 Å². The number of esters is 2. The van der Waals surface area contributed by atoms with Gasteiger partial charge in [-0.25, -0.2) is 9.59 Å². The fourth-order valence-corrected chi connectivity index (χ4v) is 3.79. The van der Waals surface area contributed by atoms with Crippen molar-refractivity contribution in [3.63, 3.8) is 0 Å². The second kappa shape index (κ2) is 13.7. The molecule has 0 bridgehead atoms. The maximum Gasteiger partial charge on any atom is 0.345 e. The first-order chi connectivity index (χ1) is 18.2. The zero-order valence-electron chi connectivity index (χ0n) is 21.0. The van der Waals surface area contributed by atoms with Gasteiger partial charge < -0.3 is 20.9 Å². The Balaban J connectivity index is 1.66. The molecule has 0 heterocycles. The highest BCUT2D eigenvalue weighted by molar-refractivity contribution is 5.99. The summed E-state index contributed by atoms with van der Waals surface area (Å²) in [6.07, 6.45) is 0.849. The molecule has 3 aromatic carbocycles. The third-order valence-corrected chi connectivity index (χ3v) is 5.93. The first-order valence-electron chi connectivity index (χ1n) is 12.2. The average Bonchev–Trinajstić information content (AvgIpc) is 2.91. The van der Waals surface area contributed by atoms with Crippen LogP contribution in [-0.2, 0) is 32.0 Å². The first kappa shape index (κ1) is 28.1. The van der Waals surface area contributed by atoms with E-state index in [9.17, 15) is 24.3 Å². The quantitative estimate of drug-likeness (QED) is 0.163. The van der Waals surface area contributed by atoms with Crippen molar-refractivity contribution in [2.45, 2.75) is 44.3 Å². The normalized spacial score (nSPS) is 13.1.